The van der Waals surface area contributed by atoms with Gasteiger partial charge in [-0.2, -0.15) is 5.10 Å². The number of hydrogen-bond donors (Lipinski definition) is 2. The summed E-state index contributed by atoms with van der Waals surface area (Å²) in [6, 6.07) is 19.7. The molecular weight excluding hydrogens is 441 g/mol. The number of ether oxygens (including phenoxy) is 1. The van der Waals surface area contributed by atoms with Crippen molar-refractivity contribution in [2.45, 2.75) is 0 Å². The molecule has 0 bridgehead atoms. The monoisotopic (exact) mass is 455 g/mol. The Labute approximate surface area is 187 Å². The molecule has 2 N–H and O–H groups in total. The maximum absolute atomic E-state index is 12.3. The summed E-state index contributed by atoms with van der Waals surface area (Å²) < 4.78 is 5.39. The van der Waals surface area contributed by atoms with Crippen molar-refractivity contribution in [1.82, 2.24) is 5.43 Å². The molecule has 0 saturated carbocycles. The van der Waals surface area contributed by atoms with E-state index >= 15 is 0 Å². The van der Waals surface area contributed by atoms with Crippen LogP contribution in [0.25, 0.3) is 0 Å². The van der Waals surface area contributed by atoms with Crippen LogP contribution in [0.4, 0.5) is 5.69 Å². The Kier molecular flexibility index (Phi) is 7.37. The summed E-state index contributed by atoms with van der Waals surface area (Å²) in [5.74, 6) is -2.30. The molecule has 31 heavy (non-hydrogen) atoms. The number of anilines is 1. The van der Waals surface area contributed by atoms with Crippen LogP contribution >= 0.6 is 23.2 Å². The van der Waals surface area contributed by atoms with Crippen molar-refractivity contribution in [3.8, 4) is 5.75 Å². The molecule has 0 aliphatic rings. The summed E-state index contributed by atoms with van der Waals surface area (Å²) in [5.41, 5.74) is 3.10. The first-order valence-corrected chi connectivity index (χ1v) is 9.66. The van der Waals surface area contributed by atoms with Gasteiger partial charge < -0.3 is 10.1 Å². The van der Waals surface area contributed by atoms with Gasteiger partial charge in [0.05, 0.1) is 27.5 Å². The van der Waals surface area contributed by atoms with Crippen molar-refractivity contribution in [3.63, 3.8) is 0 Å². The highest BCUT2D eigenvalue weighted by atomic mass is 35.5. The SMILES string of the molecule is O=C(NN=Cc1ccccc1OC(=O)c1ccccc1)C(=O)Nc1cccc(Cl)c1Cl. The molecule has 7 nitrogen and oxygen atoms in total. The molecule has 0 aromatic heterocycles. The third-order valence-electron chi connectivity index (χ3n) is 3.91. The van der Waals surface area contributed by atoms with Crippen LogP contribution in [0.3, 0.4) is 0 Å². The number of amides is 2. The number of nitrogens with one attached hydrogen (secondary N) is 2. The van der Waals surface area contributed by atoms with Crippen LogP contribution in [0.1, 0.15) is 15.9 Å². The minimum absolute atomic E-state index is 0.114. The number of rotatable bonds is 5. The standard InChI is InChI=1S/C22H15Cl2N3O4/c23-16-10-6-11-17(19(16)24)26-20(28)21(29)27-25-13-15-9-4-5-12-18(15)31-22(30)14-7-2-1-3-8-14/h1-13H,(H,26,28)(H,27,29). The van der Waals surface area contributed by atoms with E-state index in [0.29, 0.717) is 11.1 Å². The lowest BCUT2D eigenvalue weighted by atomic mass is 10.2. The third kappa shape index (κ3) is 5.91. The fraction of sp³-hybridized carbons (Fsp3) is 0. The molecule has 0 saturated heterocycles. The van der Waals surface area contributed by atoms with E-state index in [2.05, 4.69) is 15.8 Å². The van der Waals surface area contributed by atoms with E-state index < -0.39 is 17.8 Å². The zero-order valence-electron chi connectivity index (χ0n) is 15.8. The Morgan fingerprint density at radius 3 is 2.32 bits per heavy atom. The van der Waals surface area contributed by atoms with E-state index in [9.17, 15) is 14.4 Å². The van der Waals surface area contributed by atoms with Crippen molar-refractivity contribution in [2.24, 2.45) is 5.10 Å². The van der Waals surface area contributed by atoms with Gasteiger partial charge >= 0.3 is 17.8 Å². The second-order valence-corrected chi connectivity index (χ2v) is 6.83. The Morgan fingerprint density at radius 1 is 0.839 bits per heavy atom. The number of carbonyl (C=O) groups is 3. The molecule has 3 aromatic carbocycles. The molecule has 0 fully saturated rings. The van der Waals surface area contributed by atoms with E-state index in [-0.39, 0.29) is 21.5 Å². The minimum atomic E-state index is -1.02. The van der Waals surface area contributed by atoms with E-state index in [4.69, 9.17) is 27.9 Å². The quantitative estimate of drug-likeness (QED) is 0.197. The molecule has 0 heterocycles. The van der Waals surface area contributed by atoms with Crippen molar-refractivity contribution in [2.75, 3.05) is 5.32 Å². The maximum atomic E-state index is 12.3. The van der Waals surface area contributed by atoms with Crippen LogP contribution in [0.5, 0.6) is 5.75 Å². The van der Waals surface area contributed by atoms with Gasteiger partial charge in [-0.1, -0.05) is 59.6 Å². The molecule has 0 unspecified atom stereocenters. The number of hydrogen-bond acceptors (Lipinski definition) is 5. The second-order valence-electron chi connectivity index (χ2n) is 6.05. The first kappa shape index (κ1) is 22.0. The summed E-state index contributed by atoms with van der Waals surface area (Å²) >= 11 is 11.9. The van der Waals surface area contributed by atoms with E-state index in [1.165, 1.54) is 12.3 Å². The number of carbonyl (C=O) groups excluding carboxylic acids is 3. The summed E-state index contributed by atoms with van der Waals surface area (Å²) in [6.07, 6.45) is 1.26. The van der Waals surface area contributed by atoms with Crippen molar-refractivity contribution >= 4 is 52.9 Å². The molecule has 3 aromatic rings. The van der Waals surface area contributed by atoms with Crippen LogP contribution in [-0.4, -0.2) is 24.0 Å². The first-order valence-electron chi connectivity index (χ1n) is 8.90. The molecule has 9 heteroatoms. The van der Waals surface area contributed by atoms with Gasteiger partial charge in [0.25, 0.3) is 0 Å². The van der Waals surface area contributed by atoms with Crippen LogP contribution in [0.2, 0.25) is 10.0 Å². The topological polar surface area (TPSA) is 96.9 Å². The third-order valence-corrected chi connectivity index (χ3v) is 4.73. The van der Waals surface area contributed by atoms with Crippen LogP contribution in [0, 0.1) is 0 Å². The number of hydrazone groups is 1. The summed E-state index contributed by atoms with van der Waals surface area (Å²) in [5, 5.41) is 6.44. The van der Waals surface area contributed by atoms with E-state index in [1.807, 2.05) is 0 Å². The number of halogens is 2. The highest BCUT2D eigenvalue weighted by Gasteiger charge is 2.16. The normalized spacial score (nSPS) is 10.5. The van der Waals surface area contributed by atoms with Gasteiger partial charge in [-0.15, -0.1) is 0 Å². The van der Waals surface area contributed by atoms with Crippen molar-refractivity contribution in [3.05, 3.63) is 94.0 Å². The largest absolute Gasteiger partial charge is 0.422 e. The van der Waals surface area contributed by atoms with E-state index in [0.717, 1.165) is 0 Å². The molecule has 156 valence electrons. The Balaban J connectivity index is 1.63. The lowest BCUT2D eigenvalue weighted by Gasteiger charge is -2.08. The number of esters is 1. The lowest BCUT2D eigenvalue weighted by Crippen LogP contribution is -2.32. The van der Waals surface area contributed by atoms with Gasteiger partial charge in [0.15, 0.2) is 0 Å². The van der Waals surface area contributed by atoms with Gasteiger partial charge in [0, 0.05) is 5.56 Å². The van der Waals surface area contributed by atoms with E-state index in [1.54, 1.807) is 66.7 Å². The molecule has 2 amide bonds. The summed E-state index contributed by atoms with van der Waals surface area (Å²) in [6.45, 7) is 0. The average molecular weight is 456 g/mol. The lowest BCUT2D eigenvalue weighted by molar-refractivity contribution is -0.136. The molecule has 0 aliphatic heterocycles. The summed E-state index contributed by atoms with van der Waals surface area (Å²) in [4.78, 5) is 36.3. The predicted molar refractivity (Wildman–Crippen MR) is 119 cm³/mol. The zero-order chi connectivity index (χ0) is 22.2. The zero-order valence-corrected chi connectivity index (χ0v) is 17.4. The molecule has 0 atom stereocenters. The van der Waals surface area contributed by atoms with Crippen molar-refractivity contribution in [1.29, 1.82) is 0 Å². The highest BCUT2D eigenvalue weighted by molar-refractivity contribution is 6.45. The van der Waals surface area contributed by atoms with Gasteiger partial charge in [0.2, 0.25) is 0 Å². The highest BCUT2D eigenvalue weighted by Crippen LogP contribution is 2.29. The maximum Gasteiger partial charge on any atom is 0.343 e. The molecule has 0 aliphatic carbocycles. The fourth-order valence-corrected chi connectivity index (χ4v) is 2.75. The van der Waals surface area contributed by atoms with Gasteiger partial charge in [-0.05, 0) is 36.4 Å². The number of benzene rings is 3. The van der Waals surface area contributed by atoms with Gasteiger partial charge in [-0.25, -0.2) is 10.2 Å². The van der Waals surface area contributed by atoms with Crippen LogP contribution in [-0.2, 0) is 9.59 Å². The molecule has 0 spiro atoms. The molecule has 3 rings (SSSR count). The first-order chi connectivity index (χ1) is 15.0. The van der Waals surface area contributed by atoms with Crippen LogP contribution < -0.4 is 15.5 Å². The second kappa shape index (κ2) is 10.4. The predicted octanol–water partition coefficient (Wildman–Crippen LogP) is 4.30. The number of nitrogens with zero attached hydrogens (tertiary/aromatic N) is 1. The Morgan fingerprint density at radius 2 is 1.55 bits per heavy atom. The number of para-hydroxylation sites is 1. The smallest absolute Gasteiger partial charge is 0.343 e. The van der Waals surface area contributed by atoms with Crippen LogP contribution in [0.15, 0.2) is 77.9 Å². The van der Waals surface area contributed by atoms with Gasteiger partial charge in [-0.3, -0.25) is 9.59 Å². The fourth-order valence-electron chi connectivity index (χ4n) is 2.40. The Hall–Kier alpha value is -3.68. The molecular formula is C22H15Cl2N3O4. The summed E-state index contributed by atoms with van der Waals surface area (Å²) in [7, 11) is 0. The van der Waals surface area contributed by atoms with Crippen molar-refractivity contribution < 1.29 is 19.1 Å². The van der Waals surface area contributed by atoms with Gasteiger partial charge in [0.1, 0.15) is 5.75 Å². The molecule has 0 radical (unpaired) electrons. The average Bonchev–Trinajstić information content (AvgIpc) is 2.78. The minimum Gasteiger partial charge on any atom is -0.422 e. The Bertz CT molecular complexity index is 1150.